The van der Waals surface area contributed by atoms with Crippen molar-refractivity contribution in [3.8, 4) is 11.3 Å². The third kappa shape index (κ3) is 2.95. The highest BCUT2D eigenvalue weighted by Gasteiger charge is 2.39. The molecular weight excluding hydrogens is 303 g/mol. The van der Waals surface area contributed by atoms with Crippen LogP contribution in [0.3, 0.4) is 0 Å². The molecule has 0 saturated carbocycles. The van der Waals surface area contributed by atoms with Gasteiger partial charge in [-0.1, -0.05) is 24.3 Å². The fourth-order valence-electron chi connectivity index (χ4n) is 2.50. The Bertz CT molecular complexity index is 883. The maximum absolute atomic E-state index is 12.4. The number of H-pyrrole nitrogens is 1. The maximum Gasteiger partial charge on any atom is 0.454 e. The van der Waals surface area contributed by atoms with Gasteiger partial charge in [-0.25, -0.2) is 4.98 Å². The Kier molecular flexibility index (Phi) is 3.64. The lowest BCUT2D eigenvalue weighted by Crippen LogP contribution is -2.22. The minimum absolute atomic E-state index is 0.363. The zero-order valence-electron chi connectivity index (χ0n) is 12.2. The molecule has 0 bridgehead atoms. The zero-order valence-corrected chi connectivity index (χ0v) is 12.2. The van der Waals surface area contributed by atoms with Gasteiger partial charge in [0.15, 0.2) is 6.20 Å². The van der Waals surface area contributed by atoms with Gasteiger partial charge in [-0.15, -0.1) is 0 Å². The van der Waals surface area contributed by atoms with Gasteiger partial charge in [0.2, 0.25) is 5.69 Å². The second-order valence-electron chi connectivity index (χ2n) is 5.33. The first-order chi connectivity index (χ1) is 10.9. The van der Waals surface area contributed by atoms with Crippen LogP contribution in [0.15, 0.2) is 54.7 Å². The normalized spacial score (nSPS) is 11.7. The standard InChI is InChI=1S/C18H12F3NO/c1-11-3-2-4-14-10-22-16(9-15(11)14)12-5-7-13(8-6-12)17(23)18(19,20)21/h2-10H,1H3/p+1. The lowest BCUT2D eigenvalue weighted by Gasteiger charge is -2.05. The van der Waals surface area contributed by atoms with Crippen LogP contribution in [0.5, 0.6) is 0 Å². The third-order valence-corrected chi connectivity index (χ3v) is 3.75. The molecule has 0 aliphatic heterocycles. The number of benzene rings is 2. The maximum atomic E-state index is 12.4. The van der Waals surface area contributed by atoms with Gasteiger partial charge in [0.05, 0.1) is 0 Å². The molecule has 0 atom stereocenters. The van der Waals surface area contributed by atoms with Gasteiger partial charge in [-0.05, 0) is 36.1 Å². The summed E-state index contributed by atoms with van der Waals surface area (Å²) in [5.41, 5.74) is 2.24. The van der Waals surface area contributed by atoms with Gasteiger partial charge in [0, 0.05) is 22.6 Å². The van der Waals surface area contributed by atoms with Crippen molar-refractivity contribution in [1.29, 1.82) is 0 Å². The SMILES string of the molecule is Cc1cccc2c[nH+]c(-c3ccc(C(=O)C(F)(F)F)cc3)cc12. The highest BCUT2D eigenvalue weighted by molar-refractivity contribution is 6.00. The van der Waals surface area contributed by atoms with Gasteiger partial charge in [0.1, 0.15) is 0 Å². The molecule has 0 amide bonds. The molecular formula is C18H13F3NO+. The van der Waals surface area contributed by atoms with Crippen LogP contribution in [0.25, 0.3) is 22.0 Å². The Labute approximate surface area is 130 Å². The summed E-state index contributed by atoms with van der Waals surface area (Å²) in [6.07, 6.45) is -3.00. The Balaban J connectivity index is 2.00. The molecule has 1 N–H and O–H groups in total. The van der Waals surface area contributed by atoms with Crippen molar-refractivity contribution < 1.29 is 22.9 Å². The monoisotopic (exact) mass is 316 g/mol. The van der Waals surface area contributed by atoms with Gasteiger partial charge in [-0.3, -0.25) is 4.79 Å². The smallest absolute Gasteiger partial charge is 0.284 e. The first kappa shape index (κ1) is 15.2. The number of halogens is 3. The van der Waals surface area contributed by atoms with E-state index >= 15 is 0 Å². The van der Waals surface area contributed by atoms with E-state index in [1.807, 2.05) is 37.4 Å². The summed E-state index contributed by atoms with van der Waals surface area (Å²) in [5, 5.41) is 2.12. The summed E-state index contributed by atoms with van der Waals surface area (Å²) in [6.45, 7) is 2.00. The summed E-state index contributed by atoms with van der Waals surface area (Å²) in [7, 11) is 0. The van der Waals surface area contributed by atoms with Crippen LogP contribution in [0.4, 0.5) is 13.2 Å². The number of aromatic amines is 1. The van der Waals surface area contributed by atoms with Crippen molar-refractivity contribution >= 4 is 16.6 Å². The number of alkyl halides is 3. The first-order valence-electron chi connectivity index (χ1n) is 6.99. The van der Waals surface area contributed by atoms with Gasteiger partial charge < -0.3 is 0 Å². The highest BCUT2D eigenvalue weighted by atomic mass is 19.4. The number of aryl methyl sites for hydroxylation is 1. The molecule has 116 valence electrons. The first-order valence-corrected chi connectivity index (χ1v) is 6.99. The summed E-state index contributed by atoms with van der Waals surface area (Å²) in [5.74, 6) is -1.83. The van der Waals surface area contributed by atoms with Crippen molar-refractivity contribution in [2.24, 2.45) is 0 Å². The fraction of sp³-hybridized carbons (Fsp3) is 0.111. The Hall–Kier alpha value is -2.69. The van der Waals surface area contributed by atoms with Crippen LogP contribution < -0.4 is 4.98 Å². The lowest BCUT2D eigenvalue weighted by atomic mass is 10.0. The fourth-order valence-corrected chi connectivity index (χ4v) is 2.50. The molecule has 1 heterocycles. The van der Waals surface area contributed by atoms with Crippen LogP contribution in [0.1, 0.15) is 15.9 Å². The highest BCUT2D eigenvalue weighted by Crippen LogP contribution is 2.25. The number of nitrogens with one attached hydrogen (secondary N) is 1. The largest absolute Gasteiger partial charge is 0.454 e. The molecule has 0 fully saturated rings. The number of carbonyl (C=O) groups excluding carboxylic acids is 1. The van der Waals surface area contributed by atoms with Gasteiger partial charge in [-0.2, -0.15) is 13.2 Å². The molecule has 3 aromatic rings. The quantitative estimate of drug-likeness (QED) is 0.646. The molecule has 3 rings (SSSR count). The van der Waals surface area contributed by atoms with Crippen LogP contribution in [-0.4, -0.2) is 12.0 Å². The predicted octanol–water partition coefficient (Wildman–Crippen LogP) is 4.37. The second kappa shape index (κ2) is 5.50. The topological polar surface area (TPSA) is 31.2 Å². The van der Waals surface area contributed by atoms with E-state index in [2.05, 4.69) is 4.98 Å². The summed E-state index contributed by atoms with van der Waals surface area (Å²) in [4.78, 5) is 14.3. The van der Waals surface area contributed by atoms with E-state index in [4.69, 9.17) is 0 Å². The van der Waals surface area contributed by atoms with Crippen molar-refractivity contribution in [1.82, 2.24) is 0 Å². The average Bonchev–Trinajstić information content (AvgIpc) is 2.54. The van der Waals surface area contributed by atoms with E-state index < -0.39 is 12.0 Å². The van der Waals surface area contributed by atoms with Crippen LogP contribution in [-0.2, 0) is 0 Å². The molecule has 2 nitrogen and oxygen atoms in total. The summed E-state index contributed by atoms with van der Waals surface area (Å²) in [6, 6.07) is 13.3. The number of Topliss-reactive ketones (excluding diaryl/α,β-unsaturated/α-hetero) is 1. The number of hydrogen-bond acceptors (Lipinski definition) is 1. The van der Waals surface area contributed by atoms with Crippen molar-refractivity contribution in [3.63, 3.8) is 0 Å². The van der Waals surface area contributed by atoms with E-state index in [0.717, 1.165) is 22.0 Å². The molecule has 0 aliphatic carbocycles. The van der Waals surface area contributed by atoms with E-state index in [1.165, 1.54) is 24.3 Å². The van der Waals surface area contributed by atoms with Crippen LogP contribution >= 0.6 is 0 Å². The molecule has 5 heteroatoms. The molecule has 0 spiro atoms. The Morgan fingerprint density at radius 2 is 1.74 bits per heavy atom. The van der Waals surface area contributed by atoms with Crippen molar-refractivity contribution in [2.45, 2.75) is 13.1 Å². The molecule has 0 aliphatic rings. The molecule has 1 aromatic heterocycles. The second-order valence-corrected chi connectivity index (χ2v) is 5.33. The molecule has 0 radical (unpaired) electrons. The average molecular weight is 316 g/mol. The minimum Gasteiger partial charge on any atom is -0.284 e. The van der Waals surface area contributed by atoms with Crippen molar-refractivity contribution in [2.75, 3.05) is 0 Å². The number of carbonyl (C=O) groups is 1. The third-order valence-electron chi connectivity index (χ3n) is 3.75. The summed E-state index contributed by atoms with van der Waals surface area (Å²) >= 11 is 0. The summed E-state index contributed by atoms with van der Waals surface area (Å²) < 4.78 is 37.3. The van der Waals surface area contributed by atoms with E-state index in [1.54, 1.807) is 0 Å². The molecule has 0 saturated heterocycles. The molecule has 0 unspecified atom stereocenters. The number of aromatic nitrogens is 1. The number of ketones is 1. The van der Waals surface area contributed by atoms with Gasteiger partial charge >= 0.3 is 6.18 Å². The minimum atomic E-state index is -4.85. The molecule has 2 aromatic carbocycles. The Morgan fingerprint density at radius 3 is 2.39 bits per heavy atom. The van der Waals surface area contributed by atoms with E-state index in [-0.39, 0.29) is 5.56 Å². The van der Waals surface area contributed by atoms with E-state index in [0.29, 0.717) is 5.56 Å². The number of rotatable bonds is 2. The Morgan fingerprint density at radius 1 is 1.04 bits per heavy atom. The number of pyridine rings is 1. The number of fused-ring (bicyclic) bond motifs is 1. The number of hydrogen-bond donors (Lipinski definition) is 0. The molecule has 23 heavy (non-hydrogen) atoms. The van der Waals surface area contributed by atoms with E-state index in [9.17, 15) is 18.0 Å². The van der Waals surface area contributed by atoms with Crippen LogP contribution in [0, 0.1) is 6.92 Å². The van der Waals surface area contributed by atoms with Crippen LogP contribution in [0.2, 0.25) is 0 Å². The van der Waals surface area contributed by atoms with Gasteiger partial charge in [0.25, 0.3) is 5.78 Å². The van der Waals surface area contributed by atoms with Crippen molar-refractivity contribution in [3.05, 3.63) is 65.9 Å². The predicted molar refractivity (Wildman–Crippen MR) is 81.1 cm³/mol. The lowest BCUT2D eigenvalue weighted by molar-refractivity contribution is -0.362. The zero-order chi connectivity index (χ0) is 16.6.